The van der Waals surface area contributed by atoms with E-state index in [4.69, 9.17) is 11.6 Å². The number of anilines is 1. The maximum atomic E-state index is 12.9. The summed E-state index contributed by atoms with van der Waals surface area (Å²) in [7, 11) is 0. The number of aromatic nitrogens is 2. The minimum atomic E-state index is -0.109. The van der Waals surface area contributed by atoms with Crippen LogP contribution in [0.2, 0.25) is 5.15 Å². The van der Waals surface area contributed by atoms with Gasteiger partial charge in [-0.3, -0.25) is 4.79 Å². The summed E-state index contributed by atoms with van der Waals surface area (Å²) in [5, 5.41) is 4.10. The molecule has 3 rings (SSSR count). The fourth-order valence-corrected chi connectivity index (χ4v) is 4.54. The van der Waals surface area contributed by atoms with Crippen molar-refractivity contribution in [2.45, 2.75) is 44.3 Å². The van der Waals surface area contributed by atoms with Gasteiger partial charge in [0.05, 0.1) is 11.8 Å². The zero-order valence-electron chi connectivity index (χ0n) is 19.2. The molecular formula is C26H31ClN4OS. The first kappa shape index (κ1) is 25.1. The predicted octanol–water partition coefficient (Wildman–Crippen LogP) is 5.95. The summed E-state index contributed by atoms with van der Waals surface area (Å²) < 4.78 is 0. The molecule has 33 heavy (non-hydrogen) atoms. The van der Waals surface area contributed by atoms with Crippen LogP contribution < -0.4 is 10.2 Å². The van der Waals surface area contributed by atoms with Crippen LogP contribution in [0.5, 0.6) is 0 Å². The molecule has 1 atom stereocenters. The Bertz CT molecular complexity index is 998. The van der Waals surface area contributed by atoms with Crippen LogP contribution in [-0.2, 0) is 11.2 Å². The molecule has 0 bridgehead atoms. The van der Waals surface area contributed by atoms with Crippen molar-refractivity contribution in [3.05, 3.63) is 83.0 Å². The summed E-state index contributed by atoms with van der Waals surface area (Å²) >= 11 is 7.58. The Morgan fingerprint density at radius 3 is 2.27 bits per heavy atom. The van der Waals surface area contributed by atoms with Gasteiger partial charge in [0.15, 0.2) is 5.16 Å². The molecule has 1 amide bonds. The maximum Gasteiger partial charge on any atom is 0.230 e. The zero-order chi connectivity index (χ0) is 23.5. The van der Waals surface area contributed by atoms with E-state index in [2.05, 4.69) is 46.2 Å². The SMILES string of the molecule is CCCN(CCC)c1cc(Cl)nc(SCC(=O)NC(Cc2ccccc2)c2ccccc2)n1. The third-order valence-corrected chi connectivity index (χ3v) is 6.16. The number of carbonyl (C=O) groups is 1. The van der Waals surface area contributed by atoms with Crippen LogP contribution >= 0.6 is 23.4 Å². The molecule has 0 aliphatic carbocycles. The Balaban J connectivity index is 1.67. The fraction of sp³-hybridized carbons (Fsp3) is 0.346. The second-order valence-electron chi connectivity index (χ2n) is 7.83. The van der Waals surface area contributed by atoms with Crippen molar-refractivity contribution in [1.29, 1.82) is 0 Å². The highest BCUT2D eigenvalue weighted by molar-refractivity contribution is 7.99. The summed E-state index contributed by atoms with van der Waals surface area (Å²) in [4.78, 5) is 24.1. The van der Waals surface area contributed by atoms with E-state index in [0.717, 1.165) is 43.7 Å². The number of nitrogens with zero attached hydrogens (tertiary/aromatic N) is 3. The molecule has 1 N–H and O–H groups in total. The van der Waals surface area contributed by atoms with Crippen molar-refractivity contribution in [3.63, 3.8) is 0 Å². The first-order chi connectivity index (χ1) is 16.1. The summed E-state index contributed by atoms with van der Waals surface area (Å²) in [5.74, 6) is 0.973. The van der Waals surface area contributed by atoms with E-state index >= 15 is 0 Å². The van der Waals surface area contributed by atoms with Crippen molar-refractivity contribution in [3.8, 4) is 0 Å². The van der Waals surface area contributed by atoms with Crippen LogP contribution in [0.15, 0.2) is 71.9 Å². The van der Waals surface area contributed by atoms with E-state index in [1.807, 2.05) is 48.5 Å². The highest BCUT2D eigenvalue weighted by Gasteiger charge is 2.17. The van der Waals surface area contributed by atoms with Crippen molar-refractivity contribution in [2.75, 3.05) is 23.7 Å². The van der Waals surface area contributed by atoms with Gasteiger partial charge >= 0.3 is 0 Å². The molecule has 1 unspecified atom stereocenters. The van der Waals surface area contributed by atoms with Gasteiger partial charge < -0.3 is 10.2 Å². The molecule has 0 aliphatic heterocycles. The van der Waals surface area contributed by atoms with Gasteiger partial charge in [0.1, 0.15) is 11.0 Å². The number of hydrogen-bond donors (Lipinski definition) is 1. The van der Waals surface area contributed by atoms with Crippen LogP contribution in [0.1, 0.15) is 43.9 Å². The van der Waals surface area contributed by atoms with Crippen molar-refractivity contribution in [2.24, 2.45) is 0 Å². The Hall–Kier alpha value is -2.57. The number of halogens is 1. The maximum absolute atomic E-state index is 12.9. The molecule has 1 aromatic heterocycles. The molecule has 0 spiro atoms. The number of hydrogen-bond acceptors (Lipinski definition) is 5. The lowest BCUT2D eigenvalue weighted by Gasteiger charge is -2.23. The van der Waals surface area contributed by atoms with Crippen LogP contribution in [0.25, 0.3) is 0 Å². The van der Waals surface area contributed by atoms with Gasteiger partial charge in [-0.2, -0.15) is 0 Å². The average Bonchev–Trinajstić information content (AvgIpc) is 2.83. The van der Waals surface area contributed by atoms with E-state index in [1.54, 1.807) is 6.07 Å². The number of amides is 1. The van der Waals surface area contributed by atoms with E-state index in [9.17, 15) is 4.79 Å². The first-order valence-corrected chi connectivity index (χ1v) is 12.8. The van der Waals surface area contributed by atoms with Gasteiger partial charge in [-0.15, -0.1) is 0 Å². The second-order valence-corrected chi connectivity index (χ2v) is 9.16. The van der Waals surface area contributed by atoms with Crippen molar-refractivity contribution in [1.82, 2.24) is 15.3 Å². The van der Waals surface area contributed by atoms with Crippen LogP contribution in [-0.4, -0.2) is 34.7 Å². The molecule has 0 saturated carbocycles. The molecule has 7 heteroatoms. The summed E-state index contributed by atoms with van der Waals surface area (Å²) in [6, 6.07) is 21.9. The zero-order valence-corrected chi connectivity index (χ0v) is 20.8. The number of rotatable bonds is 12. The molecule has 1 heterocycles. The Labute approximate surface area is 206 Å². The van der Waals surface area contributed by atoms with Gasteiger partial charge in [0.25, 0.3) is 0 Å². The highest BCUT2D eigenvalue weighted by atomic mass is 35.5. The molecule has 3 aromatic rings. The summed E-state index contributed by atoms with van der Waals surface area (Å²) in [6.45, 7) is 6.10. The van der Waals surface area contributed by atoms with Gasteiger partial charge in [0.2, 0.25) is 5.91 Å². The average molecular weight is 483 g/mol. The summed E-state index contributed by atoms with van der Waals surface area (Å²) in [5.41, 5.74) is 2.25. The number of thioether (sulfide) groups is 1. The Morgan fingerprint density at radius 2 is 1.64 bits per heavy atom. The molecule has 0 saturated heterocycles. The van der Waals surface area contributed by atoms with Gasteiger partial charge in [-0.1, -0.05) is 97.9 Å². The number of benzene rings is 2. The smallest absolute Gasteiger partial charge is 0.230 e. The van der Waals surface area contributed by atoms with Crippen molar-refractivity contribution < 1.29 is 4.79 Å². The Morgan fingerprint density at radius 1 is 1.00 bits per heavy atom. The molecule has 174 valence electrons. The van der Waals surface area contributed by atoms with Gasteiger partial charge in [-0.05, 0) is 30.4 Å². The van der Waals surface area contributed by atoms with Crippen LogP contribution in [0.4, 0.5) is 5.82 Å². The molecule has 2 aromatic carbocycles. The lowest BCUT2D eigenvalue weighted by atomic mass is 9.99. The molecule has 0 radical (unpaired) electrons. The molecule has 5 nitrogen and oxygen atoms in total. The third kappa shape index (κ3) is 8.06. The normalized spacial score (nSPS) is 11.7. The first-order valence-electron chi connectivity index (χ1n) is 11.4. The fourth-order valence-electron chi connectivity index (χ4n) is 3.65. The van der Waals surface area contributed by atoms with E-state index < -0.39 is 0 Å². The number of nitrogens with one attached hydrogen (secondary N) is 1. The minimum Gasteiger partial charge on any atom is -0.356 e. The monoisotopic (exact) mass is 482 g/mol. The largest absolute Gasteiger partial charge is 0.356 e. The second kappa shape index (κ2) is 13.2. The van der Waals surface area contributed by atoms with E-state index in [-0.39, 0.29) is 17.7 Å². The highest BCUT2D eigenvalue weighted by Crippen LogP contribution is 2.23. The summed E-state index contributed by atoms with van der Waals surface area (Å²) in [6.07, 6.45) is 2.77. The Kier molecular flexibility index (Phi) is 10.0. The van der Waals surface area contributed by atoms with Crippen LogP contribution in [0.3, 0.4) is 0 Å². The van der Waals surface area contributed by atoms with Gasteiger partial charge in [0, 0.05) is 19.2 Å². The van der Waals surface area contributed by atoms with Crippen molar-refractivity contribution >= 4 is 35.1 Å². The predicted molar refractivity (Wildman–Crippen MR) is 138 cm³/mol. The van der Waals surface area contributed by atoms with E-state index in [0.29, 0.717) is 10.3 Å². The minimum absolute atomic E-state index is 0.0612. The lowest BCUT2D eigenvalue weighted by molar-refractivity contribution is -0.119. The van der Waals surface area contributed by atoms with Gasteiger partial charge in [-0.25, -0.2) is 9.97 Å². The number of carbonyl (C=O) groups excluding carboxylic acids is 1. The quantitative estimate of drug-likeness (QED) is 0.196. The van der Waals surface area contributed by atoms with Crippen LogP contribution in [0, 0.1) is 0 Å². The molecular weight excluding hydrogens is 452 g/mol. The topological polar surface area (TPSA) is 58.1 Å². The van der Waals surface area contributed by atoms with E-state index in [1.165, 1.54) is 17.3 Å². The molecule has 0 fully saturated rings. The standard InChI is InChI=1S/C26H31ClN4OS/c1-3-15-31(16-4-2)24-18-23(27)29-26(30-24)33-19-25(32)28-22(21-13-9-6-10-14-21)17-20-11-7-5-8-12-20/h5-14,18,22H,3-4,15-17,19H2,1-2H3,(H,28,32). The third-order valence-electron chi connectivity index (χ3n) is 5.12. The lowest BCUT2D eigenvalue weighted by Crippen LogP contribution is -2.31. The molecule has 0 aliphatic rings.